The SMILES string of the molecule is Cc1ccc2c(c1-c1cc3cc(NC(=O)[C@H]4C[C@@H]4CC#N)ncc3c(N)n1)CC[C@H]2C. The van der Waals surface area contributed by atoms with Gasteiger partial charge < -0.3 is 11.1 Å². The summed E-state index contributed by atoms with van der Waals surface area (Å²) in [6.45, 7) is 4.39. The molecule has 3 aromatic rings. The Morgan fingerprint density at radius 1 is 1.35 bits per heavy atom. The number of nitrogen functional groups attached to an aromatic ring is 1. The summed E-state index contributed by atoms with van der Waals surface area (Å²) < 4.78 is 0. The molecule has 0 unspecified atom stereocenters. The van der Waals surface area contributed by atoms with Crippen molar-refractivity contribution in [3.63, 3.8) is 0 Å². The van der Waals surface area contributed by atoms with Crippen LogP contribution in [-0.2, 0) is 11.2 Å². The summed E-state index contributed by atoms with van der Waals surface area (Å²) in [6.07, 6.45) is 5.07. The fourth-order valence-corrected chi connectivity index (χ4v) is 4.89. The van der Waals surface area contributed by atoms with E-state index in [0.717, 1.165) is 35.7 Å². The van der Waals surface area contributed by atoms with Crippen molar-refractivity contribution in [2.24, 2.45) is 11.8 Å². The van der Waals surface area contributed by atoms with Crippen molar-refractivity contribution in [1.29, 1.82) is 5.26 Å². The molecule has 5 rings (SSSR count). The molecule has 3 N–H and O–H groups in total. The summed E-state index contributed by atoms with van der Waals surface area (Å²) in [7, 11) is 0. The first-order valence-corrected chi connectivity index (χ1v) is 10.8. The summed E-state index contributed by atoms with van der Waals surface area (Å²) >= 11 is 0. The molecule has 2 heterocycles. The van der Waals surface area contributed by atoms with Crippen LogP contribution in [0, 0.1) is 30.1 Å². The van der Waals surface area contributed by atoms with Gasteiger partial charge in [-0.3, -0.25) is 4.79 Å². The summed E-state index contributed by atoms with van der Waals surface area (Å²) in [4.78, 5) is 21.5. The predicted octanol–water partition coefficient (Wildman–Crippen LogP) is 4.73. The molecule has 2 aromatic heterocycles. The van der Waals surface area contributed by atoms with E-state index >= 15 is 0 Å². The third-order valence-corrected chi connectivity index (χ3v) is 6.78. The van der Waals surface area contributed by atoms with Crippen LogP contribution in [0.1, 0.15) is 48.8 Å². The zero-order chi connectivity index (χ0) is 21.7. The number of rotatable bonds is 4. The van der Waals surface area contributed by atoms with Crippen molar-refractivity contribution >= 4 is 28.3 Å². The number of nitrogens with zero attached hydrogens (tertiary/aromatic N) is 3. The van der Waals surface area contributed by atoms with Crippen molar-refractivity contribution < 1.29 is 4.79 Å². The van der Waals surface area contributed by atoms with Gasteiger partial charge in [-0.15, -0.1) is 0 Å². The van der Waals surface area contributed by atoms with Crippen LogP contribution in [-0.4, -0.2) is 15.9 Å². The van der Waals surface area contributed by atoms with Gasteiger partial charge in [0.1, 0.15) is 11.6 Å². The molecule has 1 fully saturated rings. The van der Waals surface area contributed by atoms with E-state index < -0.39 is 0 Å². The first kappa shape index (κ1) is 19.5. The summed E-state index contributed by atoms with van der Waals surface area (Å²) in [5, 5.41) is 13.4. The van der Waals surface area contributed by atoms with Crippen molar-refractivity contribution in [1.82, 2.24) is 9.97 Å². The molecular formula is C25H25N5O. The minimum Gasteiger partial charge on any atom is -0.383 e. The molecule has 0 radical (unpaired) electrons. The number of nitrogens with one attached hydrogen (secondary N) is 1. The molecule has 6 heteroatoms. The van der Waals surface area contributed by atoms with Crippen LogP contribution in [0.25, 0.3) is 22.0 Å². The average Bonchev–Trinajstić information content (AvgIpc) is 3.42. The Labute approximate surface area is 181 Å². The highest BCUT2D eigenvalue weighted by atomic mass is 16.2. The molecule has 156 valence electrons. The minimum atomic E-state index is -0.0910. The number of pyridine rings is 2. The van der Waals surface area contributed by atoms with Crippen LogP contribution in [0.15, 0.2) is 30.5 Å². The molecule has 0 saturated heterocycles. The number of aromatic nitrogens is 2. The lowest BCUT2D eigenvalue weighted by molar-refractivity contribution is -0.117. The van der Waals surface area contributed by atoms with Crippen LogP contribution in [0.4, 0.5) is 11.6 Å². The number of fused-ring (bicyclic) bond motifs is 2. The normalized spacial score (nSPS) is 21.5. The van der Waals surface area contributed by atoms with E-state index in [1.807, 2.05) is 12.1 Å². The largest absolute Gasteiger partial charge is 0.383 e. The highest BCUT2D eigenvalue weighted by Gasteiger charge is 2.42. The number of amides is 1. The smallest absolute Gasteiger partial charge is 0.228 e. The lowest BCUT2D eigenvalue weighted by Crippen LogP contribution is -2.15. The first-order chi connectivity index (χ1) is 15.0. The summed E-state index contributed by atoms with van der Waals surface area (Å²) in [5.41, 5.74) is 12.3. The van der Waals surface area contributed by atoms with Crippen molar-refractivity contribution in [3.8, 4) is 17.3 Å². The molecule has 0 aliphatic heterocycles. The maximum absolute atomic E-state index is 12.5. The van der Waals surface area contributed by atoms with Gasteiger partial charge in [-0.1, -0.05) is 19.1 Å². The molecule has 2 aliphatic rings. The van der Waals surface area contributed by atoms with Gasteiger partial charge in [0.25, 0.3) is 0 Å². The number of hydrogen-bond acceptors (Lipinski definition) is 5. The van der Waals surface area contributed by atoms with Gasteiger partial charge in [0.05, 0.1) is 11.8 Å². The van der Waals surface area contributed by atoms with E-state index in [1.54, 1.807) is 6.20 Å². The highest BCUT2D eigenvalue weighted by molar-refractivity contribution is 5.98. The topological polar surface area (TPSA) is 105 Å². The third kappa shape index (κ3) is 3.40. The van der Waals surface area contributed by atoms with E-state index in [0.29, 0.717) is 24.0 Å². The number of aryl methyl sites for hydroxylation is 1. The van der Waals surface area contributed by atoms with Crippen LogP contribution >= 0.6 is 0 Å². The Morgan fingerprint density at radius 3 is 3.00 bits per heavy atom. The van der Waals surface area contributed by atoms with Gasteiger partial charge >= 0.3 is 0 Å². The van der Waals surface area contributed by atoms with E-state index in [4.69, 9.17) is 16.0 Å². The zero-order valence-corrected chi connectivity index (χ0v) is 17.8. The fraction of sp³-hybridized carbons (Fsp3) is 0.360. The fourth-order valence-electron chi connectivity index (χ4n) is 4.89. The lowest BCUT2D eigenvalue weighted by atomic mass is 9.93. The molecule has 2 aliphatic carbocycles. The number of carbonyl (C=O) groups is 1. The number of nitriles is 1. The standard InChI is InChI=1S/C25H25N5O/c1-13-3-6-18-17(13)5-4-14(2)23(18)21-10-16-11-22(28-12-20(16)24(27)29-21)30-25(31)19-9-15(19)7-8-26/h4-5,10-13,15,19H,3,6-7,9H2,1-2H3,(H2,27,29)(H,28,30,31)/t13-,15+,19+/m1/s1. The predicted molar refractivity (Wildman–Crippen MR) is 121 cm³/mol. The van der Waals surface area contributed by atoms with Crippen LogP contribution < -0.4 is 11.1 Å². The van der Waals surface area contributed by atoms with E-state index in [9.17, 15) is 4.79 Å². The third-order valence-electron chi connectivity index (χ3n) is 6.78. The van der Waals surface area contributed by atoms with Crippen LogP contribution in [0.3, 0.4) is 0 Å². The van der Waals surface area contributed by atoms with Crippen LogP contribution in [0.5, 0.6) is 0 Å². The molecule has 1 aromatic carbocycles. The molecule has 0 spiro atoms. The highest BCUT2D eigenvalue weighted by Crippen LogP contribution is 2.42. The van der Waals surface area contributed by atoms with Gasteiger partial charge in [-0.25, -0.2) is 9.97 Å². The van der Waals surface area contributed by atoms with E-state index in [-0.39, 0.29) is 17.7 Å². The monoisotopic (exact) mass is 411 g/mol. The number of benzene rings is 1. The number of hydrogen-bond donors (Lipinski definition) is 2. The van der Waals surface area contributed by atoms with Gasteiger partial charge in [-0.2, -0.15) is 5.26 Å². The molecule has 1 amide bonds. The van der Waals surface area contributed by atoms with Crippen molar-refractivity contribution in [2.75, 3.05) is 11.1 Å². The Morgan fingerprint density at radius 2 is 2.19 bits per heavy atom. The minimum absolute atomic E-state index is 0.0694. The van der Waals surface area contributed by atoms with Crippen LogP contribution in [0.2, 0.25) is 0 Å². The molecule has 31 heavy (non-hydrogen) atoms. The Balaban J connectivity index is 1.51. The summed E-state index contributed by atoms with van der Waals surface area (Å²) in [5.74, 6) is 1.51. The van der Waals surface area contributed by atoms with Crippen molar-refractivity contribution in [2.45, 2.75) is 45.4 Å². The second kappa shape index (κ2) is 7.35. The quantitative estimate of drug-likeness (QED) is 0.646. The lowest BCUT2D eigenvalue weighted by Gasteiger charge is -2.15. The van der Waals surface area contributed by atoms with Crippen molar-refractivity contribution in [3.05, 3.63) is 47.2 Å². The molecule has 6 nitrogen and oxygen atoms in total. The first-order valence-electron chi connectivity index (χ1n) is 10.8. The molecular weight excluding hydrogens is 386 g/mol. The van der Waals surface area contributed by atoms with E-state index in [1.165, 1.54) is 22.3 Å². The second-order valence-corrected chi connectivity index (χ2v) is 8.90. The zero-order valence-electron chi connectivity index (χ0n) is 17.8. The van der Waals surface area contributed by atoms with E-state index in [2.05, 4.69) is 42.4 Å². The number of nitrogens with two attached hydrogens (primary N) is 1. The number of carbonyl (C=O) groups excluding carboxylic acids is 1. The summed E-state index contributed by atoms with van der Waals surface area (Å²) in [6, 6.07) is 10.5. The van der Waals surface area contributed by atoms with Gasteiger partial charge in [0.15, 0.2) is 0 Å². The second-order valence-electron chi connectivity index (χ2n) is 8.90. The maximum Gasteiger partial charge on any atom is 0.228 e. The number of anilines is 2. The Hall–Kier alpha value is -3.46. The Bertz CT molecular complexity index is 1260. The van der Waals surface area contributed by atoms with Gasteiger partial charge in [-0.05, 0) is 72.2 Å². The average molecular weight is 412 g/mol. The van der Waals surface area contributed by atoms with Gasteiger partial charge in [0, 0.05) is 29.5 Å². The molecule has 0 bridgehead atoms. The maximum atomic E-state index is 12.5. The Kier molecular flexibility index (Phi) is 4.62. The molecule has 1 saturated carbocycles. The van der Waals surface area contributed by atoms with Gasteiger partial charge in [0.2, 0.25) is 5.91 Å². The molecule has 3 atom stereocenters.